The summed E-state index contributed by atoms with van der Waals surface area (Å²) in [5.74, 6) is 0.850. The molecule has 0 aromatic heterocycles. The molecule has 0 aromatic carbocycles. The summed E-state index contributed by atoms with van der Waals surface area (Å²) in [6, 6.07) is 0. The van der Waals surface area contributed by atoms with Crippen LogP contribution >= 0.6 is 0 Å². The van der Waals surface area contributed by atoms with Crippen molar-refractivity contribution >= 4 is 0 Å². The molecule has 13 heavy (non-hydrogen) atoms. The Kier molecular flexibility index (Phi) is 2.61. The molecule has 0 radical (unpaired) electrons. The summed E-state index contributed by atoms with van der Waals surface area (Å²) in [6.07, 6.45) is 7.11. The monoisotopic (exact) mass is 183 g/mol. The molecule has 0 spiro atoms. The first-order chi connectivity index (χ1) is 6.18. The number of hydrogen-bond donors (Lipinski definition) is 1. The predicted molar refractivity (Wildman–Crippen MR) is 53.6 cm³/mol. The zero-order valence-corrected chi connectivity index (χ0v) is 8.63. The highest BCUT2D eigenvalue weighted by Gasteiger charge is 2.40. The smallest absolute Gasteiger partial charge is 0.0650 e. The summed E-state index contributed by atoms with van der Waals surface area (Å²) < 4.78 is 0. The molecule has 2 fully saturated rings. The van der Waals surface area contributed by atoms with Crippen molar-refractivity contribution in [3.8, 4) is 0 Å². The second-order valence-electron chi connectivity index (χ2n) is 5.03. The lowest BCUT2D eigenvalue weighted by atomic mass is 9.92. The molecule has 1 unspecified atom stereocenters. The van der Waals surface area contributed by atoms with E-state index >= 15 is 0 Å². The summed E-state index contributed by atoms with van der Waals surface area (Å²) in [4.78, 5) is 2.42. The van der Waals surface area contributed by atoms with E-state index in [1.807, 2.05) is 0 Å². The minimum atomic E-state index is -0.226. The van der Waals surface area contributed by atoms with E-state index in [1.165, 1.54) is 32.4 Å². The zero-order chi connectivity index (χ0) is 9.31. The van der Waals surface area contributed by atoms with Crippen LogP contribution < -0.4 is 0 Å². The van der Waals surface area contributed by atoms with Gasteiger partial charge in [-0.1, -0.05) is 0 Å². The Balaban J connectivity index is 1.68. The molecule has 1 aliphatic heterocycles. The van der Waals surface area contributed by atoms with Gasteiger partial charge >= 0.3 is 0 Å². The van der Waals surface area contributed by atoms with Gasteiger partial charge < -0.3 is 10.0 Å². The van der Waals surface area contributed by atoms with Crippen molar-refractivity contribution in [2.24, 2.45) is 5.92 Å². The Morgan fingerprint density at radius 1 is 1.46 bits per heavy atom. The average molecular weight is 183 g/mol. The fourth-order valence-corrected chi connectivity index (χ4v) is 2.38. The molecule has 2 rings (SSSR count). The predicted octanol–water partition coefficient (Wildman–Crippen LogP) is 1.63. The van der Waals surface area contributed by atoms with E-state index in [0.29, 0.717) is 0 Å². The van der Waals surface area contributed by atoms with Crippen LogP contribution in [0.1, 0.15) is 38.5 Å². The second kappa shape index (κ2) is 3.58. The molecular formula is C11H21NO. The number of rotatable bonds is 3. The van der Waals surface area contributed by atoms with Crippen molar-refractivity contribution in [2.45, 2.75) is 44.1 Å². The van der Waals surface area contributed by atoms with Gasteiger partial charge in [-0.15, -0.1) is 0 Å². The molecular weight excluding hydrogens is 162 g/mol. The molecule has 1 aliphatic carbocycles. The Hall–Kier alpha value is -0.0800. The third-order valence-corrected chi connectivity index (χ3v) is 3.57. The number of aliphatic hydroxyl groups is 1. The Labute approximate surface area is 80.9 Å². The van der Waals surface area contributed by atoms with Crippen LogP contribution in [0.2, 0.25) is 0 Å². The summed E-state index contributed by atoms with van der Waals surface area (Å²) in [6.45, 7) is 2.51. The van der Waals surface area contributed by atoms with E-state index in [1.54, 1.807) is 0 Å². The average Bonchev–Trinajstić information content (AvgIpc) is 2.82. The number of likely N-dealkylation sites (tertiary alicyclic amines) is 1. The third kappa shape index (κ3) is 2.68. The maximum Gasteiger partial charge on any atom is 0.0650 e. The van der Waals surface area contributed by atoms with E-state index < -0.39 is 0 Å². The van der Waals surface area contributed by atoms with Crippen molar-refractivity contribution in [3.05, 3.63) is 0 Å². The first-order valence-electron chi connectivity index (χ1n) is 5.59. The van der Waals surface area contributed by atoms with Crippen LogP contribution in [-0.4, -0.2) is 35.7 Å². The fraction of sp³-hybridized carbons (Fsp3) is 1.00. The summed E-state index contributed by atoms with van der Waals surface area (Å²) in [5, 5.41) is 9.71. The minimum absolute atomic E-state index is 0.226. The van der Waals surface area contributed by atoms with E-state index in [2.05, 4.69) is 11.9 Å². The molecule has 2 nitrogen and oxygen atoms in total. The highest BCUT2D eigenvalue weighted by Crippen LogP contribution is 2.40. The van der Waals surface area contributed by atoms with Gasteiger partial charge in [-0.05, 0) is 58.0 Å². The van der Waals surface area contributed by atoms with Gasteiger partial charge in [0.1, 0.15) is 0 Å². The normalized spacial score (nSPS) is 33.2. The summed E-state index contributed by atoms with van der Waals surface area (Å²) in [7, 11) is 2.21. The van der Waals surface area contributed by atoms with Crippen molar-refractivity contribution in [1.82, 2.24) is 4.90 Å². The first-order valence-corrected chi connectivity index (χ1v) is 5.59. The van der Waals surface area contributed by atoms with Gasteiger partial charge in [-0.3, -0.25) is 0 Å². The summed E-state index contributed by atoms with van der Waals surface area (Å²) in [5.41, 5.74) is -0.226. The van der Waals surface area contributed by atoms with Crippen LogP contribution in [0, 0.1) is 5.92 Å². The van der Waals surface area contributed by atoms with E-state index in [9.17, 15) is 5.11 Å². The van der Waals surface area contributed by atoms with Crippen molar-refractivity contribution in [1.29, 1.82) is 0 Å². The number of piperidine rings is 1. The van der Waals surface area contributed by atoms with Crippen molar-refractivity contribution in [3.63, 3.8) is 0 Å². The van der Waals surface area contributed by atoms with Gasteiger partial charge in [0, 0.05) is 6.54 Å². The van der Waals surface area contributed by atoms with Crippen LogP contribution in [0.3, 0.4) is 0 Å². The van der Waals surface area contributed by atoms with Crippen LogP contribution in [0.15, 0.2) is 0 Å². The quantitative estimate of drug-likeness (QED) is 0.719. The second-order valence-corrected chi connectivity index (χ2v) is 5.03. The lowest BCUT2D eigenvalue weighted by Crippen LogP contribution is -2.32. The minimum Gasteiger partial charge on any atom is -0.390 e. The molecule has 1 atom stereocenters. The van der Waals surface area contributed by atoms with Gasteiger partial charge in [0.15, 0.2) is 0 Å². The zero-order valence-electron chi connectivity index (χ0n) is 8.63. The molecule has 2 aliphatic rings. The molecule has 76 valence electrons. The number of hydrogen-bond acceptors (Lipinski definition) is 2. The Morgan fingerprint density at radius 3 is 2.85 bits per heavy atom. The lowest BCUT2D eigenvalue weighted by molar-refractivity contribution is 0.117. The molecule has 2 heteroatoms. The van der Waals surface area contributed by atoms with Gasteiger partial charge in [-0.25, -0.2) is 0 Å². The lowest BCUT2D eigenvalue weighted by Gasteiger charge is -2.30. The topological polar surface area (TPSA) is 23.5 Å². The molecule has 1 saturated carbocycles. The standard InChI is InChI=1S/C11H21NO/c1-12-8-2-3-10(9-12)4-5-11(13)6-7-11/h10,13H,2-9H2,1H3. The molecule has 0 bridgehead atoms. The number of nitrogens with zero attached hydrogens (tertiary/aromatic N) is 1. The fourth-order valence-electron chi connectivity index (χ4n) is 2.38. The largest absolute Gasteiger partial charge is 0.390 e. The van der Waals surface area contributed by atoms with Crippen LogP contribution in [-0.2, 0) is 0 Å². The van der Waals surface area contributed by atoms with Crippen molar-refractivity contribution < 1.29 is 5.11 Å². The molecule has 1 saturated heterocycles. The SMILES string of the molecule is CN1CCCC(CCC2(O)CC2)C1. The first kappa shape index (κ1) is 9.47. The van der Waals surface area contributed by atoms with E-state index in [0.717, 1.165) is 25.2 Å². The molecule has 1 N–H and O–H groups in total. The highest BCUT2D eigenvalue weighted by molar-refractivity contribution is 4.93. The van der Waals surface area contributed by atoms with Crippen LogP contribution in [0.5, 0.6) is 0 Å². The van der Waals surface area contributed by atoms with Crippen molar-refractivity contribution in [2.75, 3.05) is 20.1 Å². The molecule has 0 aromatic rings. The van der Waals surface area contributed by atoms with Gasteiger partial charge in [0.25, 0.3) is 0 Å². The highest BCUT2D eigenvalue weighted by atomic mass is 16.3. The molecule has 0 amide bonds. The summed E-state index contributed by atoms with van der Waals surface area (Å²) >= 11 is 0. The Morgan fingerprint density at radius 2 is 2.23 bits per heavy atom. The van der Waals surface area contributed by atoms with Gasteiger partial charge in [-0.2, -0.15) is 0 Å². The maximum atomic E-state index is 9.71. The van der Waals surface area contributed by atoms with E-state index in [4.69, 9.17) is 0 Å². The van der Waals surface area contributed by atoms with Gasteiger partial charge in [0.05, 0.1) is 5.60 Å². The van der Waals surface area contributed by atoms with Gasteiger partial charge in [0.2, 0.25) is 0 Å². The van der Waals surface area contributed by atoms with E-state index in [-0.39, 0.29) is 5.60 Å². The Bertz CT molecular complexity index is 177. The van der Waals surface area contributed by atoms with Crippen LogP contribution in [0.25, 0.3) is 0 Å². The maximum absolute atomic E-state index is 9.71. The third-order valence-electron chi connectivity index (χ3n) is 3.57. The molecule has 1 heterocycles. The van der Waals surface area contributed by atoms with Crippen LogP contribution in [0.4, 0.5) is 0 Å².